The van der Waals surface area contributed by atoms with E-state index in [1.165, 1.54) is 24.1 Å². The Morgan fingerprint density at radius 3 is 2.41 bits per heavy atom. The van der Waals surface area contributed by atoms with Gasteiger partial charge in [0, 0.05) is 17.9 Å². The van der Waals surface area contributed by atoms with Crippen LogP contribution in [-0.4, -0.2) is 87.5 Å². The van der Waals surface area contributed by atoms with E-state index >= 15 is 0 Å². The summed E-state index contributed by atoms with van der Waals surface area (Å²) >= 11 is 0. The molecule has 13 heteroatoms. The van der Waals surface area contributed by atoms with Crippen molar-refractivity contribution in [2.75, 3.05) is 26.5 Å². The molecule has 7 N–H and O–H groups in total. The number of aromatic hydroxyl groups is 1. The maximum Gasteiger partial charge on any atom is 0.306 e. The summed E-state index contributed by atoms with van der Waals surface area (Å²) in [5.74, 6) is -8.76. The number of aliphatic hydroxyl groups is 3. The quantitative estimate of drug-likeness (QED) is 0.160. The zero-order chi connectivity index (χ0) is 29.0. The van der Waals surface area contributed by atoms with Crippen molar-refractivity contribution in [3.05, 3.63) is 45.9 Å². The van der Waals surface area contributed by atoms with Crippen LogP contribution >= 0.6 is 0 Å². The number of nitrogens with zero attached hydrogens (tertiary/aromatic N) is 1. The summed E-state index contributed by atoms with van der Waals surface area (Å²) in [5, 5.41) is 47.0. The molecule has 0 unspecified atom stereocenters. The molecule has 0 aliphatic heterocycles. The number of aliphatic hydroxyl groups excluding tert-OH is 2. The van der Waals surface area contributed by atoms with Crippen LogP contribution in [0.5, 0.6) is 5.75 Å². The van der Waals surface area contributed by atoms with E-state index in [9.17, 15) is 44.4 Å². The highest BCUT2D eigenvalue weighted by Crippen LogP contribution is 2.52. The highest BCUT2D eigenvalue weighted by atomic mass is 16.5. The average Bonchev–Trinajstić information content (AvgIpc) is 2.86. The Kier molecular flexibility index (Phi) is 7.00. The monoisotopic (exact) mass is 543 g/mol. The average molecular weight is 544 g/mol. The van der Waals surface area contributed by atoms with Gasteiger partial charge in [-0.05, 0) is 44.5 Å². The van der Waals surface area contributed by atoms with E-state index in [1.807, 2.05) is 0 Å². The minimum atomic E-state index is -2.74. The number of ketones is 2. The Hall–Kier alpha value is -4.23. The van der Waals surface area contributed by atoms with Gasteiger partial charge in [0.25, 0.3) is 5.91 Å². The molecule has 0 heterocycles. The summed E-state index contributed by atoms with van der Waals surface area (Å²) in [4.78, 5) is 64.0. The molecule has 4 atom stereocenters. The molecule has 0 saturated carbocycles. The summed E-state index contributed by atoms with van der Waals surface area (Å²) in [7, 11) is 4.27. The van der Waals surface area contributed by atoms with Crippen LogP contribution in [0, 0.1) is 11.8 Å². The Morgan fingerprint density at radius 2 is 1.82 bits per heavy atom. The molecule has 2 amide bonds. The number of carbonyl (C=O) groups is 5. The number of phenols is 1. The van der Waals surface area contributed by atoms with Gasteiger partial charge in [-0.3, -0.25) is 28.9 Å². The molecule has 1 aromatic carbocycles. The van der Waals surface area contributed by atoms with E-state index in [0.29, 0.717) is 5.56 Å². The van der Waals surface area contributed by atoms with Crippen LogP contribution in [0.4, 0.5) is 5.69 Å². The fraction of sp³-hybridized carbons (Fsp3) is 0.423. The number of ether oxygens (including phenoxy) is 1. The van der Waals surface area contributed by atoms with Gasteiger partial charge in [0.15, 0.2) is 17.1 Å². The number of likely N-dealkylation sites (N-methyl/N-ethyl adjacent to an activating group) is 1. The SMILES string of the molecule is COC(=O)CCC(=O)Nc1ccc2c(c1O)C(=O)C1=C(O)[C@]3(O)C(=O)C(C(N)=O)=C(O)[C@H](N(C)C)[C@H]3C[C@@H]1C2. The second-order valence-electron chi connectivity index (χ2n) is 10.1. The predicted octanol–water partition coefficient (Wildman–Crippen LogP) is 0.0123. The van der Waals surface area contributed by atoms with Crippen molar-refractivity contribution < 1.29 is 49.1 Å². The number of hydrogen-bond donors (Lipinski definition) is 6. The molecule has 3 aliphatic carbocycles. The number of methoxy groups -OCH3 is 1. The van der Waals surface area contributed by atoms with Crippen molar-refractivity contribution in [2.45, 2.75) is 37.3 Å². The van der Waals surface area contributed by atoms with Crippen LogP contribution < -0.4 is 11.1 Å². The summed E-state index contributed by atoms with van der Waals surface area (Å²) in [5.41, 5.74) is 1.44. The molecule has 1 aromatic rings. The van der Waals surface area contributed by atoms with Crippen LogP contribution in [0.25, 0.3) is 0 Å². The molecule has 0 fully saturated rings. The molecule has 0 radical (unpaired) electrons. The number of anilines is 1. The van der Waals surface area contributed by atoms with Gasteiger partial charge in [-0.15, -0.1) is 0 Å². The van der Waals surface area contributed by atoms with E-state index in [-0.39, 0.29) is 42.5 Å². The lowest BCUT2D eigenvalue weighted by Crippen LogP contribution is -2.63. The van der Waals surface area contributed by atoms with Crippen molar-refractivity contribution in [2.24, 2.45) is 17.6 Å². The van der Waals surface area contributed by atoms with E-state index in [2.05, 4.69) is 10.1 Å². The number of esters is 1. The van der Waals surface area contributed by atoms with Crippen LogP contribution in [0.2, 0.25) is 0 Å². The third-order valence-electron chi connectivity index (χ3n) is 7.65. The van der Waals surface area contributed by atoms with Gasteiger partial charge in [-0.2, -0.15) is 0 Å². The molecule has 4 rings (SSSR count). The van der Waals surface area contributed by atoms with Gasteiger partial charge >= 0.3 is 5.97 Å². The number of fused-ring (bicyclic) bond motifs is 3. The third kappa shape index (κ3) is 4.23. The number of benzene rings is 1. The molecular formula is C26H29N3O10. The summed E-state index contributed by atoms with van der Waals surface area (Å²) < 4.78 is 4.49. The van der Waals surface area contributed by atoms with Crippen molar-refractivity contribution in [3.8, 4) is 5.75 Å². The fourth-order valence-electron chi connectivity index (χ4n) is 5.86. The normalized spacial score (nSPS) is 26.1. The standard InChI is InChI=1S/C26H29N3O10/c1-29(2)19-12-9-11-8-10-4-5-13(28-14(30)6-7-15(31)39-3)20(32)16(10)21(33)17(11)23(35)26(12,38)24(36)18(22(19)34)25(27)37/h4-5,11-12,19,32,34-35,38H,6-9H2,1-3H3,(H2,27,37)(H,28,30)/t11-,12+,19+,26-/m0/s1. The molecular weight excluding hydrogens is 514 g/mol. The molecule has 0 aromatic heterocycles. The Balaban J connectivity index is 1.77. The lowest BCUT2D eigenvalue weighted by atomic mass is 9.58. The lowest BCUT2D eigenvalue weighted by Gasteiger charge is -2.50. The highest BCUT2D eigenvalue weighted by molar-refractivity contribution is 6.25. The van der Waals surface area contributed by atoms with Crippen LogP contribution in [0.3, 0.4) is 0 Å². The van der Waals surface area contributed by atoms with Gasteiger partial charge in [-0.25, -0.2) is 0 Å². The Labute approximate surface area is 222 Å². The van der Waals surface area contributed by atoms with Crippen LogP contribution in [0.1, 0.15) is 35.2 Å². The number of Topliss-reactive ketones (excluding diaryl/α,β-unsaturated/α-hetero) is 2. The highest BCUT2D eigenvalue weighted by Gasteiger charge is 2.63. The van der Waals surface area contributed by atoms with Crippen molar-refractivity contribution in [1.82, 2.24) is 4.90 Å². The first-order valence-electron chi connectivity index (χ1n) is 12.1. The number of amides is 2. The molecule has 0 bridgehead atoms. The number of allylic oxidation sites excluding steroid dienone is 1. The maximum atomic E-state index is 13.7. The van der Waals surface area contributed by atoms with Crippen molar-refractivity contribution in [3.63, 3.8) is 0 Å². The fourth-order valence-corrected chi connectivity index (χ4v) is 5.86. The second kappa shape index (κ2) is 9.82. The number of rotatable bonds is 6. The van der Waals surface area contributed by atoms with Crippen molar-refractivity contribution in [1.29, 1.82) is 0 Å². The molecule has 3 aliphatic rings. The first-order valence-corrected chi connectivity index (χ1v) is 12.1. The number of carbonyl (C=O) groups excluding carboxylic acids is 5. The Morgan fingerprint density at radius 1 is 1.15 bits per heavy atom. The van der Waals surface area contributed by atoms with Gasteiger partial charge in [0.05, 0.1) is 30.8 Å². The smallest absolute Gasteiger partial charge is 0.306 e. The van der Waals surface area contributed by atoms with E-state index in [1.54, 1.807) is 14.1 Å². The van der Waals surface area contributed by atoms with E-state index in [4.69, 9.17) is 5.73 Å². The maximum absolute atomic E-state index is 13.7. The molecule has 0 spiro atoms. The van der Waals surface area contributed by atoms with Crippen molar-refractivity contribution >= 4 is 35.0 Å². The third-order valence-corrected chi connectivity index (χ3v) is 7.65. The lowest BCUT2D eigenvalue weighted by molar-refractivity contribution is -0.148. The van der Waals surface area contributed by atoms with Gasteiger partial charge in [-0.1, -0.05) is 6.07 Å². The number of phenolic OH excluding ortho intramolecular Hbond substituents is 1. The minimum absolute atomic E-state index is 0.0292. The number of nitrogens with one attached hydrogen (secondary N) is 1. The molecule has 39 heavy (non-hydrogen) atoms. The number of hydrogen-bond acceptors (Lipinski definition) is 11. The first kappa shape index (κ1) is 27.8. The predicted molar refractivity (Wildman–Crippen MR) is 134 cm³/mol. The zero-order valence-electron chi connectivity index (χ0n) is 21.5. The topological polar surface area (TPSA) is 217 Å². The van der Waals surface area contributed by atoms with Gasteiger partial charge in [0.2, 0.25) is 11.7 Å². The first-order chi connectivity index (χ1) is 18.2. The summed E-state index contributed by atoms with van der Waals surface area (Å²) in [6.45, 7) is 0. The zero-order valence-corrected chi connectivity index (χ0v) is 21.5. The second-order valence-corrected chi connectivity index (χ2v) is 10.1. The van der Waals surface area contributed by atoms with Gasteiger partial charge in [0.1, 0.15) is 17.1 Å². The summed E-state index contributed by atoms with van der Waals surface area (Å²) in [6, 6.07) is 1.84. The Bertz CT molecular complexity index is 1380. The molecule has 0 saturated heterocycles. The molecule has 208 valence electrons. The van der Waals surface area contributed by atoms with E-state index in [0.717, 1.165) is 0 Å². The number of nitrogens with two attached hydrogens (primary N) is 1. The number of primary amides is 1. The van der Waals surface area contributed by atoms with E-state index < -0.39 is 75.7 Å². The van der Waals surface area contributed by atoms with Crippen LogP contribution in [0.15, 0.2) is 34.8 Å². The van der Waals surface area contributed by atoms with Gasteiger partial charge < -0.3 is 36.2 Å². The summed E-state index contributed by atoms with van der Waals surface area (Å²) in [6.07, 6.45) is -0.344. The minimum Gasteiger partial charge on any atom is -0.510 e. The largest absolute Gasteiger partial charge is 0.510 e. The van der Waals surface area contributed by atoms with Crippen LogP contribution in [-0.2, 0) is 30.3 Å². The molecule has 13 nitrogen and oxygen atoms in total.